The molecular weight excluding hydrogens is 354 g/mol. The van der Waals surface area contributed by atoms with Crippen molar-refractivity contribution in [3.8, 4) is 6.07 Å². The predicted molar refractivity (Wildman–Crippen MR) is 112 cm³/mol. The fraction of sp³-hybridized carbons (Fsp3) is 0.364. The van der Waals surface area contributed by atoms with Crippen LogP contribution in [0.5, 0.6) is 0 Å². The molecule has 1 saturated heterocycles. The monoisotopic (exact) mass is 379 g/mol. The first kappa shape index (κ1) is 19.3. The van der Waals surface area contributed by atoms with Gasteiger partial charge in [0.05, 0.1) is 12.7 Å². The van der Waals surface area contributed by atoms with Crippen LogP contribution in [0.25, 0.3) is 0 Å². The van der Waals surface area contributed by atoms with Crippen LogP contribution >= 0.6 is 12.2 Å². The molecule has 0 aliphatic carbocycles. The van der Waals surface area contributed by atoms with Gasteiger partial charge in [-0.25, -0.2) is 0 Å². The molecular formula is C22H25N3OS. The van der Waals surface area contributed by atoms with E-state index in [1.807, 2.05) is 60.7 Å². The Hall–Kier alpha value is -2.42. The lowest BCUT2D eigenvalue weighted by atomic mass is 9.73. The van der Waals surface area contributed by atoms with Gasteiger partial charge in [0.2, 0.25) is 0 Å². The Labute approximate surface area is 167 Å². The van der Waals surface area contributed by atoms with E-state index >= 15 is 0 Å². The van der Waals surface area contributed by atoms with Gasteiger partial charge in [-0.15, -0.1) is 0 Å². The van der Waals surface area contributed by atoms with Gasteiger partial charge in [-0.2, -0.15) is 5.26 Å². The zero-order valence-electron chi connectivity index (χ0n) is 15.7. The molecule has 2 aromatic rings. The molecule has 0 N–H and O–H groups in total. The summed E-state index contributed by atoms with van der Waals surface area (Å²) in [5.41, 5.74) is 1.21. The molecule has 0 amide bonds. The fourth-order valence-electron chi connectivity index (χ4n) is 3.46. The highest BCUT2D eigenvalue weighted by molar-refractivity contribution is 7.80. The maximum atomic E-state index is 10.2. The van der Waals surface area contributed by atoms with Crippen molar-refractivity contribution in [3.05, 3.63) is 71.8 Å². The normalized spacial score (nSPS) is 15.2. The second kappa shape index (κ2) is 8.98. The summed E-state index contributed by atoms with van der Waals surface area (Å²) in [5, 5.41) is 10.7. The van der Waals surface area contributed by atoms with E-state index in [0.29, 0.717) is 18.2 Å². The van der Waals surface area contributed by atoms with E-state index in [1.165, 1.54) is 0 Å². The lowest BCUT2D eigenvalue weighted by Crippen LogP contribution is -2.47. The van der Waals surface area contributed by atoms with Gasteiger partial charge < -0.3 is 14.5 Å². The number of thiocarbonyl (C=S) groups is 1. The Bertz CT molecular complexity index is 741. The predicted octanol–water partition coefficient (Wildman–Crippen LogP) is 3.44. The smallest absolute Gasteiger partial charge is 0.259 e. The molecule has 2 aromatic carbocycles. The van der Waals surface area contributed by atoms with E-state index in [2.05, 4.69) is 22.9 Å². The van der Waals surface area contributed by atoms with Gasteiger partial charge >= 0.3 is 0 Å². The van der Waals surface area contributed by atoms with E-state index in [4.69, 9.17) is 17.0 Å². The summed E-state index contributed by atoms with van der Waals surface area (Å²) in [4.78, 5) is 4.39. The molecule has 0 aromatic heterocycles. The van der Waals surface area contributed by atoms with Crippen LogP contribution in [-0.4, -0.2) is 54.8 Å². The Kier molecular flexibility index (Phi) is 6.44. The summed E-state index contributed by atoms with van der Waals surface area (Å²) in [7, 11) is 2.11. The number of nitriles is 1. The van der Waals surface area contributed by atoms with Crippen LogP contribution in [0.1, 0.15) is 17.5 Å². The van der Waals surface area contributed by atoms with Crippen LogP contribution in [0, 0.1) is 11.3 Å². The fourth-order valence-corrected chi connectivity index (χ4v) is 3.72. The standard InChI is InChI=1S/C22H25N3OS/c1-24-13-15-25(16-14-24)21(27)26-17-12-22(18-23,19-8-4-2-5-9-19)20-10-6-3-7-11-20/h2-11H,12-17H2,1H3. The van der Waals surface area contributed by atoms with Gasteiger partial charge in [0.15, 0.2) is 0 Å². The summed E-state index contributed by atoms with van der Waals surface area (Å²) < 4.78 is 5.90. The van der Waals surface area contributed by atoms with Crippen LogP contribution < -0.4 is 0 Å². The quantitative estimate of drug-likeness (QED) is 0.744. The highest BCUT2D eigenvalue weighted by Gasteiger charge is 2.34. The summed E-state index contributed by atoms with van der Waals surface area (Å²) in [6, 6.07) is 22.4. The molecule has 5 heteroatoms. The van der Waals surface area contributed by atoms with Crippen molar-refractivity contribution < 1.29 is 4.74 Å². The summed E-state index contributed by atoms with van der Waals surface area (Å²) >= 11 is 5.47. The maximum absolute atomic E-state index is 10.2. The minimum Gasteiger partial charge on any atom is -0.471 e. The van der Waals surface area contributed by atoms with E-state index < -0.39 is 5.41 Å². The first-order valence-electron chi connectivity index (χ1n) is 9.28. The van der Waals surface area contributed by atoms with Crippen LogP contribution in [-0.2, 0) is 10.2 Å². The second-order valence-corrected chi connectivity index (χ2v) is 7.25. The zero-order valence-corrected chi connectivity index (χ0v) is 16.5. The first-order valence-corrected chi connectivity index (χ1v) is 9.69. The zero-order chi connectivity index (χ0) is 19.1. The highest BCUT2D eigenvalue weighted by Crippen LogP contribution is 2.35. The van der Waals surface area contributed by atoms with Gasteiger partial charge in [0, 0.05) is 32.6 Å². The topological polar surface area (TPSA) is 39.5 Å². The lowest BCUT2D eigenvalue weighted by Gasteiger charge is -2.34. The number of rotatable bonds is 5. The second-order valence-electron chi connectivity index (χ2n) is 6.90. The van der Waals surface area contributed by atoms with E-state index in [-0.39, 0.29) is 0 Å². The largest absolute Gasteiger partial charge is 0.471 e. The molecule has 0 unspecified atom stereocenters. The number of ether oxygens (including phenoxy) is 1. The van der Waals surface area contributed by atoms with Crippen LogP contribution in [0.3, 0.4) is 0 Å². The first-order chi connectivity index (χ1) is 13.2. The Morgan fingerprint density at radius 3 is 2.00 bits per heavy atom. The van der Waals surface area contributed by atoms with Crippen molar-refractivity contribution in [1.29, 1.82) is 5.26 Å². The third-order valence-electron chi connectivity index (χ3n) is 5.19. The lowest BCUT2D eigenvalue weighted by molar-refractivity contribution is 0.169. The molecule has 0 atom stereocenters. The molecule has 4 nitrogen and oxygen atoms in total. The summed E-state index contributed by atoms with van der Waals surface area (Å²) in [5.74, 6) is 0. The number of piperazine rings is 1. The molecule has 0 bridgehead atoms. The van der Waals surface area contributed by atoms with Crippen LogP contribution in [0.4, 0.5) is 0 Å². The molecule has 3 rings (SSSR count). The molecule has 27 heavy (non-hydrogen) atoms. The molecule has 1 aliphatic heterocycles. The van der Waals surface area contributed by atoms with Gasteiger partial charge in [-0.3, -0.25) is 0 Å². The Morgan fingerprint density at radius 2 is 1.52 bits per heavy atom. The summed E-state index contributed by atoms with van der Waals surface area (Å²) in [6.07, 6.45) is 0.547. The van der Waals surface area contributed by atoms with Crippen molar-refractivity contribution in [3.63, 3.8) is 0 Å². The van der Waals surface area contributed by atoms with Crippen LogP contribution in [0.15, 0.2) is 60.7 Å². The minimum atomic E-state index is -0.750. The van der Waals surface area contributed by atoms with Crippen molar-refractivity contribution in [2.75, 3.05) is 39.8 Å². The molecule has 0 radical (unpaired) electrons. The molecule has 1 heterocycles. The Balaban J connectivity index is 1.73. The number of hydrogen-bond acceptors (Lipinski definition) is 4. The van der Waals surface area contributed by atoms with Crippen molar-refractivity contribution in [2.45, 2.75) is 11.8 Å². The number of likely N-dealkylation sites (N-methyl/N-ethyl adjacent to an activating group) is 1. The van der Waals surface area contributed by atoms with Crippen molar-refractivity contribution >= 4 is 17.4 Å². The molecule has 1 aliphatic rings. The van der Waals surface area contributed by atoms with Crippen LogP contribution in [0.2, 0.25) is 0 Å². The van der Waals surface area contributed by atoms with Crippen molar-refractivity contribution in [1.82, 2.24) is 9.80 Å². The molecule has 140 valence electrons. The van der Waals surface area contributed by atoms with Crippen molar-refractivity contribution in [2.24, 2.45) is 0 Å². The summed E-state index contributed by atoms with van der Waals surface area (Å²) in [6.45, 7) is 4.15. The van der Waals surface area contributed by atoms with Gasteiger partial charge in [-0.1, -0.05) is 60.7 Å². The third-order valence-corrected chi connectivity index (χ3v) is 5.56. The molecule has 0 saturated carbocycles. The average molecular weight is 380 g/mol. The SMILES string of the molecule is CN1CCN(C(=S)OCCC(C#N)(c2ccccc2)c2ccccc2)CC1. The van der Waals surface area contributed by atoms with Gasteiger partial charge in [-0.05, 0) is 30.4 Å². The van der Waals surface area contributed by atoms with E-state index in [9.17, 15) is 5.26 Å². The average Bonchev–Trinajstić information content (AvgIpc) is 2.73. The molecule has 0 spiro atoms. The number of benzene rings is 2. The van der Waals surface area contributed by atoms with E-state index in [1.54, 1.807) is 0 Å². The Morgan fingerprint density at radius 1 is 1.00 bits per heavy atom. The minimum absolute atomic E-state index is 0.405. The van der Waals surface area contributed by atoms with Gasteiger partial charge in [0.25, 0.3) is 5.17 Å². The maximum Gasteiger partial charge on any atom is 0.259 e. The van der Waals surface area contributed by atoms with E-state index in [0.717, 1.165) is 37.3 Å². The third kappa shape index (κ3) is 4.47. The molecule has 1 fully saturated rings. The number of hydrogen-bond donors (Lipinski definition) is 0. The van der Waals surface area contributed by atoms with Gasteiger partial charge in [0.1, 0.15) is 5.41 Å². The number of nitrogens with zero attached hydrogens (tertiary/aromatic N) is 3. The highest BCUT2D eigenvalue weighted by atomic mass is 32.1.